The smallest absolute Gasteiger partial charge is 0.344 e. The molecule has 0 unspecified atom stereocenters. The van der Waals surface area contributed by atoms with Crippen molar-refractivity contribution in [3.05, 3.63) is 69.8 Å². The lowest BCUT2D eigenvalue weighted by Crippen LogP contribution is -2.27. The standard InChI is InChI=1S/C20H21NO7/c1-20(2,3)28-18(22)13-26-17-10-9-15(21(24)25)11-16(17)19(23)27-12-14-7-5-4-6-8-14/h4-11H,12-13H2,1-3H3. The van der Waals surface area contributed by atoms with Gasteiger partial charge in [0.05, 0.1) is 4.92 Å². The second-order valence-electron chi connectivity index (χ2n) is 6.87. The number of hydrogen-bond acceptors (Lipinski definition) is 7. The molecule has 0 radical (unpaired) electrons. The number of nitrogens with zero attached hydrogens (tertiary/aromatic N) is 1. The molecule has 0 amide bonds. The maximum Gasteiger partial charge on any atom is 0.344 e. The average Bonchev–Trinajstić information content (AvgIpc) is 2.63. The van der Waals surface area contributed by atoms with Crippen molar-refractivity contribution in [3.63, 3.8) is 0 Å². The Labute approximate surface area is 162 Å². The monoisotopic (exact) mass is 387 g/mol. The summed E-state index contributed by atoms with van der Waals surface area (Å²) in [6.45, 7) is 4.68. The van der Waals surface area contributed by atoms with Gasteiger partial charge in [-0.2, -0.15) is 0 Å². The molecule has 0 aliphatic rings. The summed E-state index contributed by atoms with van der Waals surface area (Å²) in [5.41, 5.74) is -0.365. The third kappa shape index (κ3) is 6.39. The highest BCUT2D eigenvalue weighted by Gasteiger charge is 2.22. The van der Waals surface area contributed by atoms with Crippen molar-refractivity contribution < 1.29 is 28.7 Å². The average molecular weight is 387 g/mol. The number of non-ortho nitro benzene ring substituents is 1. The molecule has 0 N–H and O–H groups in total. The Morgan fingerprint density at radius 1 is 1.07 bits per heavy atom. The lowest BCUT2D eigenvalue weighted by atomic mass is 10.1. The summed E-state index contributed by atoms with van der Waals surface area (Å²) >= 11 is 0. The molecular weight excluding hydrogens is 366 g/mol. The number of hydrogen-bond donors (Lipinski definition) is 0. The van der Waals surface area contributed by atoms with Crippen LogP contribution in [0.5, 0.6) is 5.75 Å². The number of benzene rings is 2. The molecule has 0 heterocycles. The lowest BCUT2D eigenvalue weighted by molar-refractivity contribution is -0.384. The zero-order chi connectivity index (χ0) is 20.7. The quantitative estimate of drug-likeness (QED) is 0.405. The zero-order valence-corrected chi connectivity index (χ0v) is 15.8. The Hall–Kier alpha value is -3.42. The van der Waals surface area contributed by atoms with Crippen molar-refractivity contribution in [2.24, 2.45) is 0 Å². The van der Waals surface area contributed by atoms with Crippen LogP contribution < -0.4 is 4.74 Å². The van der Waals surface area contributed by atoms with Gasteiger partial charge >= 0.3 is 11.9 Å². The van der Waals surface area contributed by atoms with Crippen LogP contribution in [-0.2, 0) is 20.9 Å². The predicted octanol–water partition coefficient (Wildman–Crippen LogP) is 3.67. The van der Waals surface area contributed by atoms with Crippen molar-refractivity contribution in [3.8, 4) is 5.75 Å². The molecule has 8 nitrogen and oxygen atoms in total. The Morgan fingerprint density at radius 3 is 2.36 bits per heavy atom. The predicted molar refractivity (Wildman–Crippen MR) is 100.0 cm³/mol. The number of rotatable bonds is 7. The number of ether oxygens (including phenoxy) is 3. The Morgan fingerprint density at radius 2 is 1.75 bits per heavy atom. The van der Waals surface area contributed by atoms with Crippen molar-refractivity contribution in [1.82, 2.24) is 0 Å². The molecule has 0 saturated carbocycles. The van der Waals surface area contributed by atoms with Gasteiger partial charge < -0.3 is 14.2 Å². The van der Waals surface area contributed by atoms with Crippen LogP contribution in [0.2, 0.25) is 0 Å². The van der Waals surface area contributed by atoms with Crippen molar-refractivity contribution in [2.75, 3.05) is 6.61 Å². The van der Waals surface area contributed by atoms with E-state index in [1.807, 2.05) is 6.07 Å². The van der Waals surface area contributed by atoms with E-state index in [2.05, 4.69) is 0 Å². The van der Waals surface area contributed by atoms with Crippen LogP contribution >= 0.6 is 0 Å². The highest BCUT2D eigenvalue weighted by atomic mass is 16.6. The Bertz CT molecular complexity index is 857. The van der Waals surface area contributed by atoms with E-state index in [1.165, 1.54) is 12.1 Å². The van der Waals surface area contributed by atoms with E-state index >= 15 is 0 Å². The van der Waals surface area contributed by atoms with Crippen LogP contribution in [0.4, 0.5) is 5.69 Å². The molecular formula is C20H21NO7. The van der Waals surface area contributed by atoms with Gasteiger partial charge in [0.15, 0.2) is 6.61 Å². The molecule has 0 aliphatic heterocycles. The summed E-state index contributed by atoms with van der Waals surface area (Å²) in [5, 5.41) is 11.0. The van der Waals surface area contributed by atoms with Crippen LogP contribution in [0, 0.1) is 10.1 Å². The largest absolute Gasteiger partial charge is 0.481 e. The highest BCUT2D eigenvalue weighted by Crippen LogP contribution is 2.25. The molecule has 2 aromatic rings. The van der Waals surface area contributed by atoms with Crippen molar-refractivity contribution in [2.45, 2.75) is 33.0 Å². The fourth-order valence-electron chi connectivity index (χ4n) is 2.23. The fraction of sp³-hybridized carbons (Fsp3) is 0.300. The first-order valence-electron chi connectivity index (χ1n) is 8.50. The van der Waals surface area contributed by atoms with Crippen molar-refractivity contribution >= 4 is 17.6 Å². The van der Waals surface area contributed by atoms with Crippen LogP contribution in [0.25, 0.3) is 0 Å². The van der Waals surface area contributed by atoms with E-state index < -0.39 is 29.1 Å². The molecule has 2 aromatic carbocycles. The molecule has 0 atom stereocenters. The third-order valence-corrected chi connectivity index (χ3v) is 3.37. The minimum Gasteiger partial charge on any atom is -0.481 e. The van der Waals surface area contributed by atoms with Gasteiger partial charge in [-0.25, -0.2) is 9.59 Å². The van der Waals surface area contributed by atoms with Gasteiger partial charge in [-0.3, -0.25) is 10.1 Å². The number of carbonyl (C=O) groups is 2. The lowest BCUT2D eigenvalue weighted by Gasteiger charge is -2.19. The fourth-order valence-corrected chi connectivity index (χ4v) is 2.23. The first-order valence-corrected chi connectivity index (χ1v) is 8.50. The van der Waals surface area contributed by atoms with Gasteiger partial charge in [0.1, 0.15) is 23.5 Å². The van der Waals surface area contributed by atoms with E-state index in [9.17, 15) is 19.7 Å². The van der Waals surface area contributed by atoms with Crippen LogP contribution in [0.1, 0.15) is 36.7 Å². The van der Waals surface area contributed by atoms with Crippen LogP contribution in [0.15, 0.2) is 48.5 Å². The topological polar surface area (TPSA) is 105 Å². The Balaban J connectivity index is 2.15. The summed E-state index contributed by atoms with van der Waals surface area (Å²) in [5.74, 6) is -1.43. The normalized spacial score (nSPS) is 10.8. The second-order valence-corrected chi connectivity index (χ2v) is 6.87. The molecule has 0 saturated heterocycles. The zero-order valence-electron chi connectivity index (χ0n) is 15.8. The maximum absolute atomic E-state index is 12.4. The Kier molecular flexibility index (Phi) is 6.70. The summed E-state index contributed by atoms with van der Waals surface area (Å²) in [6, 6.07) is 12.5. The van der Waals surface area contributed by atoms with Gasteiger partial charge in [0.25, 0.3) is 5.69 Å². The van der Waals surface area contributed by atoms with Crippen molar-refractivity contribution in [1.29, 1.82) is 0 Å². The maximum atomic E-state index is 12.4. The summed E-state index contributed by atoms with van der Waals surface area (Å²) in [7, 11) is 0. The molecule has 0 bridgehead atoms. The SMILES string of the molecule is CC(C)(C)OC(=O)COc1ccc([N+](=O)[O-])cc1C(=O)OCc1ccccc1. The molecule has 0 aromatic heterocycles. The summed E-state index contributed by atoms with van der Waals surface area (Å²) in [6.07, 6.45) is 0. The molecule has 2 rings (SSSR count). The van der Waals surface area contributed by atoms with E-state index in [4.69, 9.17) is 14.2 Å². The van der Waals surface area contributed by atoms with E-state index in [0.29, 0.717) is 0 Å². The molecule has 28 heavy (non-hydrogen) atoms. The minimum atomic E-state index is -0.799. The number of carbonyl (C=O) groups excluding carboxylic acids is 2. The third-order valence-electron chi connectivity index (χ3n) is 3.37. The number of esters is 2. The molecule has 0 spiro atoms. The van der Waals surface area contributed by atoms with Gasteiger partial charge in [-0.15, -0.1) is 0 Å². The first kappa shape index (κ1) is 20.9. The van der Waals surface area contributed by atoms with E-state index in [1.54, 1.807) is 45.0 Å². The van der Waals surface area contributed by atoms with Gasteiger partial charge in [0.2, 0.25) is 0 Å². The first-order chi connectivity index (χ1) is 13.2. The minimum absolute atomic E-state index is 0.00507. The molecule has 0 fully saturated rings. The van der Waals surface area contributed by atoms with E-state index in [0.717, 1.165) is 11.6 Å². The van der Waals surface area contributed by atoms with Crippen LogP contribution in [0.3, 0.4) is 0 Å². The summed E-state index contributed by atoms with van der Waals surface area (Å²) < 4.78 is 15.7. The second kappa shape index (κ2) is 8.98. The van der Waals surface area contributed by atoms with Crippen LogP contribution in [-0.4, -0.2) is 29.1 Å². The van der Waals surface area contributed by atoms with Gasteiger partial charge in [-0.05, 0) is 32.4 Å². The van der Waals surface area contributed by atoms with Gasteiger partial charge in [-0.1, -0.05) is 30.3 Å². The highest BCUT2D eigenvalue weighted by molar-refractivity contribution is 5.93. The molecule has 148 valence electrons. The number of nitro groups is 1. The molecule has 0 aliphatic carbocycles. The summed E-state index contributed by atoms with van der Waals surface area (Å²) in [4.78, 5) is 34.7. The number of nitro benzene ring substituents is 1. The van der Waals surface area contributed by atoms with Gasteiger partial charge in [0, 0.05) is 12.1 Å². The van der Waals surface area contributed by atoms with E-state index in [-0.39, 0.29) is 23.6 Å². The molecule has 8 heteroatoms.